The number of carbonyl (C=O) groups is 2. The van der Waals surface area contributed by atoms with E-state index in [1.165, 1.54) is 6.07 Å². The molecule has 1 atom stereocenters. The van der Waals surface area contributed by atoms with Gasteiger partial charge in [0, 0.05) is 24.6 Å². The molecule has 20 heavy (non-hydrogen) atoms. The van der Waals surface area contributed by atoms with Crippen LogP contribution >= 0.6 is 0 Å². The number of amides is 2. The molecule has 0 aliphatic carbocycles. The third kappa shape index (κ3) is 5.11. The Kier molecular flexibility index (Phi) is 6.24. The minimum Gasteiger partial charge on any atom is -0.354 e. The van der Waals surface area contributed by atoms with Crippen LogP contribution in [-0.4, -0.2) is 24.4 Å². The molecule has 1 unspecified atom stereocenters. The van der Waals surface area contributed by atoms with Crippen molar-refractivity contribution in [3.8, 4) is 6.07 Å². The van der Waals surface area contributed by atoms with E-state index in [9.17, 15) is 9.59 Å². The number of nitrogens with zero attached hydrogens (tertiary/aromatic N) is 1. The minimum atomic E-state index is -0.279. The van der Waals surface area contributed by atoms with E-state index in [2.05, 4.69) is 10.6 Å². The molecule has 1 rings (SSSR count). The number of benzene rings is 1. The van der Waals surface area contributed by atoms with Crippen LogP contribution in [0.2, 0.25) is 0 Å². The van der Waals surface area contributed by atoms with E-state index in [0.29, 0.717) is 11.1 Å². The van der Waals surface area contributed by atoms with E-state index in [4.69, 9.17) is 5.26 Å². The van der Waals surface area contributed by atoms with E-state index in [-0.39, 0.29) is 30.8 Å². The Bertz CT molecular complexity index is 520. The van der Waals surface area contributed by atoms with Gasteiger partial charge in [0.1, 0.15) is 0 Å². The molecular formula is C15H19N3O2. The van der Waals surface area contributed by atoms with Gasteiger partial charge in [0.25, 0.3) is 5.91 Å². The number of rotatable bonds is 6. The summed E-state index contributed by atoms with van der Waals surface area (Å²) in [5.41, 5.74) is 0.860. The van der Waals surface area contributed by atoms with Gasteiger partial charge < -0.3 is 10.6 Å². The van der Waals surface area contributed by atoms with Crippen LogP contribution in [0, 0.1) is 11.3 Å². The van der Waals surface area contributed by atoms with Gasteiger partial charge in [-0.3, -0.25) is 9.59 Å². The third-order valence-corrected chi connectivity index (χ3v) is 2.91. The highest BCUT2D eigenvalue weighted by atomic mass is 16.2. The lowest BCUT2D eigenvalue weighted by Gasteiger charge is -2.11. The molecule has 5 heteroatoms. The molecule has 0 fully saturated rings. The van der Waals surface area contributed by atoms with Gasteiger partial charge in [0.15, 0.2) is 0 Å². The van der Waals surface area contributed by atoms with E-state index >= 15 is 0 Å². The molecule has 0 heterocycles. The predicted molar refractivity (Wildman–Crippen MR) is 76.0 cm³/mol. The standard InChI is InChI=1S/C15H19N3O2/c1-3-11(2)18-14(19)7-8-17-15(20)13-6-4-5-12(9-13)10-16/h4-6,9,11H,3,7-8H2,1-2H3,(H,17,20)(H,18,19). The van der Waals surface area contributed by atoms with E-state index in [1.54, 1.807) is 18.2 Å². The zero-order chi connectivity index (χ0) is 15.0. The fourth-order valence-electron chi connectivity index (χ4n) is 1.57. The van der Waals surface area contributed by atoms with Crippen molar-refractivity contribution in [1.82, 2.24) is 10.6 Å². The smallest absolute Gasteiger partial charge is 0.251 e. The lowest BCUT2D eigenvalue weighted by Crippen LogP contribution is -2.35. The molecule has 0 radical (unpaired) electrons. The van der Waals surface area contributed by atoms with Gasteiger partial charge in [0.2, 0.25) is 5.91 Å². The summed E-state index contributed by atoms with van der Waals surface area (Å²) < 4.78 is 0. The molecule has 1 aromatic rings. The molecule has 1 aromatic carbocycles. The number of hydrogen-bond donors (Lipinski definition) is 2. The molecule has 0 spiro atoms. The number of hydrogen-bond acceptors (Lipinski definition) is 3. The number of nitriles is 1. The van der Waals surface area contributed by atoms with Crippen molar-refractivity contribution >= 4 is 11.8 Å². The largest absolute Gasteiger partial charge is 0.354 e. The second-order valence-corrected chi connectivity index (χ2v) is 4.58. The van der Waals surface area contributed by atoms with Gasteiger partial charge in [0.05, 0.1) is 11.6 Å². The minimum absolute atomic E-state index is 0.0783. The fourth-order valence-corrected chi connectivity index (χ4v) is 1.57. The van der Waals surface area contributed by atoms with Crippen molar-refractivity contribution < 1.29 is 9.59 Å². The van der Waals surface area contributed by atoms with Gasteiger partial charge >= 0.3 is 0 Å². The van der Waals surface area contributed by atoms with Crippen LogP contribution in [-0.2, 0) is 4.79 Å². The van der Waals surface area contributed by atoms with Crippen molar-refractivity contribution in [2.75, 3.05) is 6.54 Å². The molecular weight excluding hydrogens is 254 g/mol. The van der Waals surface area contributed by atoms with E-state index < -0.39 is 0 Å². The van der Waals surface area contributed by atoms with Crippen LogP contribution < -0.4 is 10.6 Å². The van der Waals surface area contributed by atoms with Crippen LogP contribution in [0.5, 0.6) is 0 Å². The van der Waals surface area contributed by atoms with Crippen LogP contribution in [0.25, 0.3) is 0 Å². The van der Waals surface area contributed by atoms with Crippen molar-refractivity contribution in [3.63, 3.8) is 0 Å². The molecule has 2 amide bonds. The Hall–Kier alpha value is -2.35. The van der Waals surface area contributed by atoms with Gasteiger partial charge in [-0.1, -0.05) is 13.0 Å². The Labute approximate surface area is 119 Å². The van der Waals surface area contributed by atoms with Crippen molar-refractivity contribution in [2.24, 2.45) is 0 Å². The highest BCUT2D eigenvalue weighted by molar-refractivity contribution is 5.94. The van der Waals surface area contributed by atoms with Crippen LogP contribution in [0.3, 0.4) is 0 Å². The molecule has 0 aromatic heterocycles. The van der Waals surface area contributed by atoms with Crippen molar-refractivity contribution in [1.29, 1.82) is 5.26 Å². The first kappa shape index (κ1) is 15.7. The first-order chi connectivity index (χ1) is 9.56. The average molecular weight is 273 g/mol. The Morgan fingerprint density at radius 1 is 1.40 bits per heavy atom. The summed E-state index contributed by atoms with van der Waals surface area (Å²) in [6.07, 6.45) is 1.12. The maximum absolute atomic E-state index is 11.8. The summed E-state index contributed by atoms with van der Waals surface area (Å²) in [6, 6.07) is 8.57. The fraction of sp³-hybridized carbons (Fsp3) is 0.400. The summed E-state index contributed by atoms with van der Waals surface area (Å²) in [5, 5.41) is 14.3. The summed E-state index contributed by atoms with van der Waals surface area (Å²) in [7, 11) is 0. The van der Waals surface area contributed by atoms with E-state index in [1.807, 2.05) is 19.9 Å². The Morgan fingerprint density at radius 3 is 2.80 bits per heavy atom. The summed E-state index contributed by atoms with van der Waals surface area (Å²) in [6.45, 7) is 4.21. The highest BCUT2D eigenvalue weighted by Crippen LogP contribution is 2.03. The lowest BCUT2D eigenvalue weighted by atomic mass is 10.1. The topological polar surface area (TPSA) is 82.0 Å². The monoisotopic (exact) mass is 273 g/mol. The zero-order valence-electron chi connectivity index (χ0n) is 11.8. The molecule has 106 valence electrons. The molecule has 0 aliphatic rings. The predicted octanol–water partition coefficient (Wildman–Crippen LogP) is 1.59. The molecule has 5 nitrogen and oxygen atoms in total. The van der Waals surface area contributed by atoms with Crippen LogP contribution in [0.4, 0.5) is 0 Å². The number of carbonyl (C=O) groups excluding carboxylic acids is 2. The highest BCUT2D eigenvalue weighted by Gasteiger charge is 2.08. The lowest BCUT2D eigenvalue weighted by molar-refractivity contribution is -0.121. The normalized spacial score (nSPS) is 11.2. The van der Waals surface area contributed by atoms with Crippen LogP contribution in [0.1, 0.15) is 42.6 Å². The summed E-state index contributed by atoms with van der Waals surface area (Å²) >= 11 is 0. The maximum Gasteiger partial charge on any atom is 0.251 e. The summed E-state index contributed by atoms with van der Waals surface area (Å²) in [4.78, 5) is 23.3. The third-order valence-electron chi connectivity index (χ3n) is 2.91. The second-order valence-electron chi connectivity index (χ2n) is 4.58. The maximum atomic E-state index is 11.8. The van der Waals surface area contributed by atoms with Crippen LogP contribution in [0.15, 0.2) is 24.3 Å². The molecule has 0 saturated heterocycles. The van der Waals surface area contributed by atoms with Crippen molar-refractivity contribution in [2.45, 2.75) is 32.7 Å². The van der Waals surface area contributed by atoms with Gasteiger partial charge in [-0.25, -0.2) is 0 Å². The molecule has 2 N–H and O–H groups in total. The average Bonchev–Trinajstić information content (AvgIpc) is 2.46. The van der Waals surface area contributed by atoms with Gasteiger partial charge in [-0.2, -0.15) is 5.26 Å². The zero-order valence-corrected chi connectivity index (χ0v) is 11.8. The quantitative estimate of drug-likeness (QED) is 0.825. The Balaban J connectivity index is 2.40. The Morgan fingerprint density at radius 2 is 2.15 bits per heavy atom. The molecule has 0 bridgehead atoms. The van der Waals surface area contributed by atoms with Crippen molar-refractivity contribution in [3.05, 3.63) is 35.4 Å². The first-order valence-corrected chi connectivity index (χ1v) is 6.64. The first-order valence-electron chi connectivity index (χ1n) is 6.64. The van der Waals surface area contributed by atoms with Gasteiger partial charge in [-0.15, -0.1) is 0 Å². The SMILES string of the molecule is CCC(C)NC(=O)CCNC(=O)c1cccc(C#N)c1. The summed E-state index contributed by atoms with van der Waals surface area (Å²) in [5.74, 6) is -0.358. The molecule has 0 aliphatic heterocycles. The van der Waals surface area contributed by atoms with E-state index in [0.717, 1.165) is 6.42 Å². The van der Waals surface area contributed by atoms with Gasteiger partial charge in [-0.05, 0) is 31.5 Å². The second kappa shape index (κ2) is 7.95. The molecule has 0 saturated carbocycles. The number of nitrogens with one attached hydrogen (secondary N) is 2.